The molecule has 2 rings (SSSR count). The molecule has 0 radical (unpaired) electrons. The van der Waals surface area contributed by atoms with Gasteiger partial charge >= 0.3 is 0 Å². The van der Waals surface area contributed by atoms with Gasteiger partial charge in [-0.1, -0.05) is 13.0 Å². The highest BCUT2D eigenvalue weighted by Gasteiger charge is 2.27. The van der Waals surface area contributed by atoms with Crippen molar-refractivity contribution in [3.8, 4) is 5.75 Å². The molecule has 0 N–H and O–H groups in total. The highest BCUT2D eigenvalue weighted by atomic mass is 16.7. The molecule has 6 nitrogen and oxygen atoms in total. The fourth-order valence-electron chi connectivity index (χ4n) is 4.21. The van der Waals surface area contributed by atoms with Crippen LogP contribution in [0.4, 0.5) is 0 Å². The van der Waals surface area contributed by atoms with Crippen molar-refractivity contribution in [1.29, 1.82) is 0 Å². The summed E-state index contributed by atoms with van der Waals surface area (Å²) in [5.41, 5.74) is 6.48. The standard InChI is InChI=1S/C28H42N2O4/c1-9-23(16-26-20(5)14-25(32-8)15-21(26)6)28(31)30(18-27(33-10-2)34-11-3)17-24-13-12-19(4)22(7)29-24/h12-15,23,27H,9-11,16-18H2,1-8H3/t23-/m0/s1. The Morgan fingerprint density at radius 2 is 1.59 bits per heavy atom. The Hall–Kier alpha value is -2.44. The molecule has 1 aromatic heterocycles. The van der Waals surface area contributed by atoms with Crippen molar-refractivity contribution < 1.29 is 19.0 Å². The number of rotatable bonds is 13. The number of benzene rings is 1. The Bertz CT molecular complexity index is 915. The van der Waals surface area contributed by atoms with Gasteiger partial charge in [0.1, 0.15) is 5.75 Å². The molecular formula is C28H42N2O4. The van der Waals surface area contributed by atoms with Gasteiger partial charge in [0.2, 0.25) is 5.91 Å². The number of carbonyl (C=O) groups excluding carboxylic acids is 1. The molecule has 6 heteroatoms. The lowest BCUT2D eigenvalue weighted by atomic mass is 9.90. The van der Waals surface area contributed by atoms with Crippen molar-refractivity contribution in [3.05, 3.63) is 57.9 Å². The maximum Gasteiger partial charge on any atom is 0.226 e. The van der Waals surface area contributed by atoms with Crippen LogP contribution in [0.5, 0.6) is 5.75 Å². The van der Waals surface area contributed by atoms with E-state index in [1.165, 1.54) is 5.56 Å². The fourth-order valence-corrected chi connectivity index (χ4v) is 4.21. The zero-order chi connectivity index (χ0) is 25.3. The molecule has 0 saturated carbocycles. The van der Waals surface area contributed by atoms with Gasteiger partial charge in [0, 0.05) is 24.8 Å². The maximum atomic E-state index is 13.9. The second-order valence-electron chi connectivity index (χ2n) is 8.81. The second-order valence-corrected chi connectivity index (χ2v) is 8.81. The number of methoxy groups -OCH3 is 1. The predicted octanol–water partition coefficient (Wildman–Crippen LogP) is 5.32. The first kappa shape index (κ1) is 27.8. The van der Waals surface area contributed by atoms with Gasteiger partial charge in [-0.3, -0.25) is 9.78 Å². The van der Waals surface area contributed by atoms with Crippen LogP contribution in [0.25, 0.3) is 0 Å². The summed E-state index contributed by atoms with van der Waals surface area (Å²) < 4.78 is 17.0. The summed E-state index contributed by atoms with van der Waals surface area (Å²) in [6.07, 6.45) is 0.962. The van der Waals surface area contributed by atoms with Gasteiger partial charge in [0.05, 0.1) is 25.9 Å². The molecule has 1 amide bonds. The number of aromatic nitrogens is 1. The first-order chi connectivity index (χ1) is 16.2. The molecular weight excluding hydrogens is 428 g/mol. The number of hydrogen-bond acceptors (Lipinski definition) is 5. The van der Waals surface area contributed by atoms with Crippen molar-refractivity contribution in [3.63, 3.8) is 0 Å². The Morgan fingerprint density at radius 3 is 2.09 bits per heavy atom. The molecule has 0 bridgehead atoms. The Labute approximate surface area is 205 Å². The summed E-state index contributed by atoms with van der Waals surface area (Å²) in [4.78, 5) is 20.5. The SMILES string of the molecule is CCOC(CN(Cc1ccc(C)c(C)n1)C(=O)[C@@H](CC)Cc1c(C)cc(OC)cc1C)OCC. The predicted molar refractivity (Wildman–Crippen MR) is 136 cm³/mol. The Balaban J connectivity index is 2.34. The van der Waals surface area contributed by atoms with Gasteiger partial charge in [-0.05, 0) is 94.8 Å². The van der Waals surface area contributed by atoms with E-state index in [2.05, 4.69) is 26.8 Å². The van der Waals surface area contributed by atoms with Gasteiger partial charge in [0.15, 0.2) is 6.29 Å². The first-order valence-electron chi connectivity index (χ1n) is 12.3. The lowest BCUT2D eigenvalue weighted by Gasteiger charge is -2.31. The molecule has 0 unspecified atom stereocenters. The Morgan fingerprint density at radius 1 is 0.971 bits per heavy atom. The van der Waals surface area contributed by atoms with Crippen molar-refractivity contribution >= 4 is 5.91 Å². The molecule has 0 saturated heterocycles. The molecule has 34 heavy (non-hydrogen) atoms. The van der Waals surface area contributed by atoms with E-state index in [0.29, 0.717) is 32.7 Å². The van der Waals surface area contributed by atoms with Gasteiger partial charge in [-0.15, -0.1) is 0 Å². The van der Waals surface area contributed by atoms with E-state index in [4.69, 9.17) is 19.2 Å². The number of amides is 1. The van der Waals surface area contributed by atoms with Crippen LogP contribution in [-0.2, 0) is 27.2 Å². The van der Waals surface area contributed by atoms with E-state index < -0.39 is 6.29 Å². The van der Waals surface area contributed by atoms with Crippen molar-refractivity contribution in [2.24, 2.45) is 5.92 Å². The van der Waals surface area contributed by atoms with Gasteiger partial charge < -0.3 is 19.1 Å². The van der Waals surface area contributed by atoms with Crippen LogP contribution in [-0.4, -0.2) is 48.9 Å². The number of carbonyl (C=O) groups is 1. The summed E-state index contributed by atoms with van der Waals surface area (Å²) in [6, 6.07) is 8.13. The van der Waals surface area contributed by atoms with E-state index in [-0.39, 0.29) is 11.8 Å². The molecule has 0 aliphatic rings. The van der Waals surface area contributed by atoms with E-state index in [1.54, 1.807) is 7.11 Å². The quantitative estimate of drug-likeness (QED) is 0.371. The molecule has 188 valence electrons. The second kappa shape index (κ2) is 13.4. The molecule has 1 atom stereocenters. The molecule has 0 spiro atoms. The third-order valence-corrected chi connectivity index (χ3v) is 6.34. The number of aryl methyl sites for hydroxylation is 4. The van der Waals surface area contributed by atoms with Gasteiger partial charge in [-0.2, -0.15) is 0 Å². The summed E-state index contributed by atoms with van der Waals surface area (Å²) >= 11 is 0. The normalized spacial score (nSPS) is 12.1. The summed E-state index contributed by atoms with van der Waals surface area (Å²) in [7, 11) is 1.68. The number of pyridine rings is 1. The van der Waals surface area contributed by atoms with E-state index in [9.17, 15) is 4.79 Å². The number of hydrogen-bond donors (Lipinski definition) is 0. The number of ether oxygens (including phenoxy) is 3. The summed E-state index contributed by atoms with van der Waals surface area (Å²) in [5, 5.41) is 0. The minimum atomic E-state index is -0.465. The van der Waals surface area contributed by atoms with Gasteiger partial charge in [-0.25, -0.2) is 0 Å². The van der Waals surface area contributed by atoms with Crippen LogP contribution in [0.1, 0.15) is 60.8 Å². The molecule has 0 aliphatic heterocycles. The van der Waals surface area contributed by atoms with Crippen LogP contribution >= 0.6 is 0 Å². The van der Waals surface area contributed by atoms with E-state index >= 15 is 0 Å². The molecule has 1 heterocycles. The van der Waals surface area contributed by atoms with Crippen LogP contribution in [0, 0.1) is 33.6 Å². The molecule has 0 fully saturated rings. The average molecular weight is 471 g/mol. The average Bonchev–Trinajstić information content (AvgIpc) is 2.80. The van der Waals surface area contributed by atoms with E-state index in [0.717, 1.165) is 40.2 Å². The van der Waals surface area contributed by atoms with Crippen LogP contribution in [0.15, 0.2) is 24.3 Å². The molecule has 2 aromatic rings. The topological polar surface area (TPSA) is 60.9 Å². The molecule has 0 aliphatic carbocycles. The minimum Gasteiger partial charge on any atom is -0.497 e. The smallest absolute Gasteiger partial charge is 0.226 e. The first-order valence-corrected chi connectivity index (χ1v) is 12.3. The van der Waals surface area contributed by atoms with E-state index in [1.807, 2.05) is 50.8 Å². The van der Waals surface area contributed by atoms with Crippen LogP contribution < -0.4 is 4.74 Å². The van der Waals surface area contributed by atoms with Crippen molar-refractivity contribution in [1.82, 2.24) is 9.88 Å². The third kappa shape index (κ3) is 7.54. The zero-order valence-electron chi connectivity index (χ0n) is 22.2. The monoisotopic (exact) mass is 470 g/mol. The van der Waals surface area contributed by atoms with Crippen LogP contribution in [0.3, 0.4) is 0 Å². The highest BCUT2D eigenvalue weighted by Crippen LogP contribution is 2.26. The van der Waals surface area contributed by atoms with Crippen molar-refractivity contribution in [2.45, 2.75) is 74.1 Å². The Kier molecular flexibility index (Phi) is 11.0. The summed E-state index contributed by atoms with van der Waals surface area (Å²) in [5.74, 6) is 0.791. The summed E-state index contributed by atoms with van der Waals surface area (Å²) in [6.45, 7) is 16.0. The van der Waals surface area contributed by atoms with Gasteiger partial charge in [0.25, 0.3) is 0 Å². The van der Waals surface area contributed by atoms with Crippen LogP contribution in [0.2, 0.25) is 0 Å². The van der Waals surface area contributed by atoms with Crippen molar-refractivity contribution in [2.75, 3.05) is 26.9 Å². The highest BCUT2D eigenvalue weighted by molar-refractivity contribution is 5.79. The maximum absolute atomic E-state index is 13.9. The lowest BCUT2D eigenvalue weighted by molar-refractivity contribution is -0.162. The fraction of sp³-hybridized carbons (Fsp3) is 0.571. The zero-order valence-corrected chi connectivity index (χ0v) is 22.2. The molecule has 1 aromatic carbocycles. The third-order valence-electron chi connectivity index (χ3n) is 6.34. The number of nitrogens with zero attached hydrogens (tertiary/aromatic N) is 2. The lowest BCUT2D eigenvalue weighted by Crippen LogP contribution is -2.43. The minimum absolute atomic E-state index is 0.0987. The largest absolute Gasteiger partial charge is 0.497 e.